The van der Waals surface area contributed by atoms with Crippen LogP contribution in [0.3, 0.4) is 0 Å². The molecule has 3 fully saturated rings. The Bertz CT molecular complexity index is 3880. The number of benzene rings is 3. The minimum atomic E-state index is -1.35. The van der Waals surface area contributed by atoms with Crippen molar-refractivity contribution in [3.63, 3.8) is 0 Å². The van der Waals surface area contributed by atoms with Gasteiger partial charge < -0.3 is 108 Å². The first-order valence-corrected chi connectivity index (χ1v) is 41.1. The second-order valence-corrected chi connectivity index (χ2v) is 29.7. The average molecular weight is 1720 g/mol. The van der Waals surface area contributed by atoms with E-state index in [9.17, 15) is 77.0 Å². The molecule has 3 saturated heterocycles. The molecule has 0 bridgehead atoms. The number of carboxylic acid groups (broad SMARTS) is 1. The standard InChI is InChI=1S/C85H119N7O30/c1-52(93)89-76-80(118-58(7)99)78(116-56(5)97)68(50-113-54(3)95)121-83(76)111-45-23-19-29-72(103)91-67(27-18-22-43-87-71(102)30-24-46-112-84-77(90-53(2)94)81(119-59(8)100)79(117-57(6)98)69(122-84)51-114-55(4)96)82(108)88-44-21-12-16-28-70(101)86-42-20-13-17-31-73(104)92-48-66(120-75(107)41-40-74(105)106)47-63(92)49-115-85(60-25-14-11-15-26-60,61-32-36-64(109-9)37-33-61)62-34-38-65(110-10)39-35-62/h11,14-15,25-26,32-39,63,66-69,76-81,83-84H,12-13,16-24,27-31,40-51H2,1-10H3,(H,86,101)(H,87,102)(H,88,108)(H,89,93)(H,90,94)(H,91,103)(H,105,106)/t63-,66+,67-,68?,69?,76?,77?,78?,79?,80?,81?,83?,84?/m0/s1. The number of carbonyl (C=O) groups excluding carboxylic acids is 14. The van der Waals surface area contributed by atoms with Crippen molar-refractivity contribution in [2.45, 2.75) is 262 Å². The Kier molecular flexibility index (Phi) is 42.9. The minimum Gasteiger partial charge on any atom is -0.497 e. The van der Waals surface area contributed by atoms with Gasteiger partial charge in [0.2, 0.25) is 41.4 Å². The maximum atomic E-state index is 14.3. The van der Waals surface area contributed by atoms with Gasteiger partial charge in [-0.1, -0.05) is 67.4 Å². The number of nitrogens with zero attached hydrogens (tertiary/aromatic N) is 1. The van der Waals surface area contributed by atoms with Crippen molar-refractivity contribution in [2.24, 2.45) is 0 Å². The molecule has 37 nitrogen and oxygen atoms in total. The van der Waals surface area contributed by atoms with E-state index >= 15 is 0 Å². The molecule has 0 aliphatic carbocycles. The van der Waals surface area contributed by atoms with E-state index in [4.69, 9.17) is 66.3 Å². The van der Waals surface area contributed by atoms with E-state index < -0.39 is 176 Å². The van der Waals surface area contributed by atoms with Crippen molar-refractivity contribution >= 4 is 89.1 Å². The highest BCUT2D eigenvalue weighted by molar-refractivity contribution is 5.87. The molecule has 10 unspecified atom stereocenters. The second kappa shape index (κ2) is 52.4. The Morgan fingerprint density at radius 1 is 0.459 bits per heavy atom. The molecule has 37 heteroatoms. The van der Waals surface area contributed by atoms with Crippen LogP contribution < -0.4 is 41.4 Å². The zero-order valence-corrected chi connectivity index (χ0v) is 71.0. The Morgan fingerprint density at radius 3 is 1.38 bits per heavy atom. The number of carbonyl (C=O) groups is 15. The largest absolute Gasteiger partial charge is 0.497 e. The molecule has 122 heavy (non-hydrogen) atoms. The van der Waals surface area contributed by atoms with E-state index in [2.05, 4.69) is 31.9 Å². The molecular formula is C85H119N7O30. The van der Waals surface area contributed by atoms with E-state index in [0.717, 1.165) is 58.2 Å². The number of methoxy groups -OCH3 is 2. The molecule has 3 aliphatic heterocycles. The summed E-state index contributed by atoms with van der Waals surface area (Å²) in [6.45, 7) is 8.87. The summed E-state index contributed by atoms with van der Waals surface area (Å²) in [7, 11) is 3.15. The number of rotatable bonds is 52. The lowest BCUT2D eigenvalue weighted by molar-refractivity contribution is -0.277. The lowest BCUT2D eigenvalue weighted by Crippen LogP contribution is -2.66. The molecule has 7 N–H and O–H groups in total. The van der Waals surface area contributed by atoms with Crippen molar-refractivity contribution < 1.29 is 143 Å². The van der Waals surface area contributed by atoms with Crippen molar-refractivity contribution in [2.75, 3.05) is 73.4 Å². The van der Waals surface area contributed by atoms with Gasteiger partial charge in [0.15, 0.2) is 37.0 Å². The van der Waals surface area contributed by atoms with Crippen LogP contribution in [-0.2, 0) is 134 Å². The lowest BCUT2D eigenvalue weighted by Gasteiger charge is -2.44. The van der Waals surface area contributed by atoms with E-state index in [1.165, 1.54) is 13.8 Å². The molecule has 0 saturated carbocycles. The van der Waals surface area contributed by atoms with Gasteiger partial charge in [-0.25, -0.2) is 0 Å². The quantitative estimate of drug-likeness (QED) is 0.0172. The number of aliphatic carboxylic acids is 1. The predicted molar refractivity (Wildman–Crippen MR) is 430 cm³/mol. The van der Waals surface area contributed by atoms with Crippen LogP contribution in [0.1, 0.15) is 194 Å². The van der Waals surface area contributed by atoms with Crippen molar-refractivity contribution in [3.05, 3.63) is 95.6 Å². The number of amides is 7. The van der Waals surface area contributed by atoms with E-state index in [-0.39, 0.29) is 121 Å². The Morgan fingerprint density at radius 2 is 0.902 bits per heavy atom. The van der Waals surface area contributed by atoms with Gasteiger partial charge in [0.1, 0.15) is 66.8 Å². The molecule has 6 rings (SSSR count). The smallest absolute Gasteiger partial charge is 0.306 e. The molecule has 3 aromatic carbocycles. The van der Waals surface area contributed by atoms with Crippen molar-refractivity contribution in [1.82, 2.24) is 36.8 Å². The van der Waals surface area contributed by atoms with E-state index in [0.29, 0.717) is 69.4 Å². The molecule has 3 aromatic rings. The number of likely N-dealkylation sites (tertiary alicyclic amines) is 1. The van der Waals surface area contributed by atoms with Crippen molar-refractivity contribution in [3.8, 4) is 11.5 Å². The molecule has 13 atom stereocenters. The van der Waals surface area contributed by atoms with Gasteiger partial charge in [0.05, 0.1) is 52.9 Å². The highest BCUT2D eigenvalue weighted by Crippen LogP contribution is 2.43. The normalized spacial score (nSPS) is 20.7. The summed E-state index contributed by atoms with van der Waals surface area (Å²) in [6.07, 6.45) is -6.83. The van der Waals surface area contributed by atoms with Crippen LogP contribution in [0.25, 0.3) is 0 Å². The number of hydrogen-bond donors (Lipinski definition) is 7. The van der Waals surface area contributed by atoms with Crippen LogP contribution in [0, 0.1) is 0 Å². The van der Waals surface area contributed by atoms with E-state index in [1.807, 2.05) is 78.9 Å². The lowest BCUT2D eigenvalue weighted by atomic mass is 9.80. The summed E-state index contributed by atoms with van der Waals surface area (Å²) in [6, 6.07) is 20.7. The van der Waals surface area contributed by atoms with Crippen LogP contribution in [0.4, 0.5) is 0 Å². The zero-order valence-electron chi connectivity index (χ0n) is 71.0. The monoisotopic (exact) mass is 1720 g/mol. The number of hydrogen-bond acceptors (Lipinski definition) is 29. The fourth-order valence-corrected chi connectivity index (χ4v) is 14.3. The third-order valence-corrected chi connectivity index (χ3v) is 19.9. The summed E-state index contributed by atoms with van der Waals surface area (Å²) in [5, 5.41) is 26.0. The number of esters is 7. The fraction of sp³-hybridized carbons (Fsp3) is 0.612. The summed E-state index contributed by atoms with van der Waals surface area (Å²) < 4.78 is 80.4. The van der Waals surface area contributed by atoms with Gasteiger partial charge in [-0.15, -0.1) is 0 Å². The van der Waals surface area contributed by atoms with Crippen LogP contribution >= 0.6 is 0 Å². The van der Waals surface area contributed by atoms with Gasteiger partial charge in [-0.05, 0) is 105 Å². The van der Waals surface area contributed by atoms with E-state index in [1.54, 1.807) is 19.1 Å². The average Bonchev–Trinajstić information content (AvgIpc) is 0.835. The topological polar surface area (TPSA) is 481 Å². The van der Waals surface area contributed by atoms with Crippen LogP contribution in [-0.4, -0.2) is 252 Å². The summed E-state index contributed by atoms with van der Waals surface area (Å²) in [5.41, 5.74) is 1.13. The predicted octanol–water partition coefficient (Wildman–Crippen LogP) is 4.81. The molecule has 3 aliphatic rings. The molecule has 3 heterocycles. The number of nitrogens with one attached hydrogen (secondary N) is 6. The number of ether oxygens (including phenoxy) is 14. The fourth-order valence-electron chi connectivity index (χ4n) is 14.3. The third kappa shape index (κ3) is 34.2. The van der Waals surface area contributed by atoms with Gasteiger partial charge in [0, 0.05) is 114 Å². The first-order chi connectivity index (χ1) is 58.3. The first-order valence-electron chi connectivity index (χ1n) is 41.1. The van der Waals surface area contributed by atoms with Crippen LogP contribution in [0.2, 0.25) is 0 Å². The number of carboxylic acids is 1. The van der Waals surface area contributed by atoms with Gasteiger partial charge in [-0.3, -0.25) is 71.9 Å². The van der Waals surface area contributed by atoms with Crippen molar-refractivity contribution in [1.29, 1.82) is 0 Å². The Hall–Kier alpha value is -10.9. The molecular weight excluding hydrogens is 1600 g/mol. The van der Waals surface area contributed by atoms with Gasteiger partial charge in [-0.2, -0.15) is 0 Å². The maximum Gasteiger partial charge on any atom is 0.306 e. The summed E-state index contributed by atoms with van der Waals surface area (Å²) in [5.74, 6) is -7.93. The highest BCUT2D eigenvalue weighted by atomic mass is 16.7. The molecule has 0 radical (unpaired) electrons. The molecule has 7 amide bonds. The first kappa shape index (κ1) is 99.9. The highest BCUT2D eigenvalue weighted by Gasteiger charge is 2.53. The number of unbranched alkanes of at least 4 members (excludes halogenated alkanes) is 6. The Balaban J connectivity index is 1.00. The van der Waals surface area contributed by atoms with Gasteiger partial charge >= 0.3 is 47.8 Å². The third-order valence-electron chi connectivity index (χ3n) is 19.9. The van der Waals surface area contributed by atoms with Crippen LogP contribution in [0.5, 0.6) is 11.5 Å². The molecule has 0 aromatic heterocycles. The maximum absolute atomic E-state index is 14.3. The summed E-state index contributed by atoms with van der Waals surface area (Å²) >= 11 is 0. The van der Waals surface area contributed by atoms with Crippen LogP contribution in [0.15, 0.2) is 78.9 Å². The zero-order chi connectivity index (χ0) is 89.3. The SMILES string of the molecule is COc1ccc(C(OC[C@@H]2C[C@@H](OC(=O)CCC(=O)O)CN2C(=O)CCCCCNC(=O)CCCCCNC(=O)[C@H](CCCCNC(=O)CCCOC2OC(COC(C)=O)C(OC(C)=O)C(OC(C)=O)C2NC(C)=O)NC(=O)CCCCOC2OC(COC(C)=O)C(OC(C)=O)C(OC(C)=O)C2NC(C)=O)(c2ccccc2)c2ccc(OC)cc2)cc1. The molecule has 674 valence electrons. The van der Waals surface area contributed by atoms with Gasteiger partial charge in [0.25, 0.3) is 0 Å². The summed E-state index contributed by atoms with van der Waals surface area (Å²) in [4.78, 5) is 192. The second-order valence-electron chi connectivity index (χ2n) is 29.7. The Labute approximate surface area is 709 Å². The minimum absolute atomic E-state index is 0.0101. The molecule has 0 spiro atoms.